The van der Waals surface area contributed by atoms with Gasteiger partial charge < -0.3 is 18.9 Å². The lowest BCUT2D eigenvalue weighted by Gasteiger charge is -2.33. The van der Waals surface area contributed by atoms with Crippen LogP contribution < -0.4 is 4.74 Å². The molecule has 29 heavy (non-hydrogen) atoms. The summed E-state index contributed by atoms with van der Waals surface area (Å²) in [6.07, 6.45) is 1.71. The maximum absolute atomic E-state index is 12.8. The second kappa shape index (κ2) is 8.66. The van der Waals surface area contributed by atoms with Gasteiger partial charge >= 0.3 is 5.97 Å². The van der Waals surface area contributed by atoms with E-state index >= 15 is 0 Å². The van der Waals surface area contributed by atoms with E-state index in [9.17, 15) is 18.0 Å². The number of aromatic nitrogens is 1. The zero-order chi connectivity index (χ0) is 21.0. The third kappa shape index (κ3) is 4.60. The first kappa shape index (κ1) is 20.9. The highest BCUT2D eigenvalue weighted by Gasteiger charge is 2.30. The molecule has 0 radical (unpaired) electrons. The van der Waals surface area contributed by atoms with Gasteiger partial charge in [0.2, 0.25) is 10.0 Å². The monoisotopic (exact) mass is 421 g/mol. The van der Waals surface area contributed by atoms with E-state index in [1.807, 2.05) is 0 Å². The Morgan fingerprint density at radius 3 is 2.24 bits per heavy atom. The number of hydrogen-bond donors (Lipinski definition) is 0. The van der Waals surface area contributed by atoms with Gasteiger partial charge in [-0.1, -0.05) is 0 Å². The van der Waals surface area contributed by atoms with E-state index in [4.69, 9.17) is 9.47 Å². The minimum atomic E-state index is -3.64. The van der Waals surface area contributed by atoms with Crippen LogP contribution in [0.4, 0.5) is 0 Å². The van der Waals surface area contributed by atoms with Gasteiger partial charge in [-0.05, 0) is 36.4 Å². The van der Waals surface area contributed by atoms with Gasteiger partial charge in [0, 0.05) is 39.4 Å². The van der Waals surface area contributed by atoms with Gasteiger partial charge in [-0.25, -0.2) is 13.2 Å². The topological polar surface area (TPSA) is 98.2 Å². The number of sulfonamides is 1. The number of esters is 1. The zero-order valence-electron chi connectivity index (χ0n) is 16.3. The van der Waals surface area contributed by atoms with E-state index in [0.717, 1.165) is 0 Å². The summed E-state index contributed by atoms with van der Waals surface area (Å²) < 4.78 is 38.6. The molecule has 0 unspecified atom stereocenters. The molecule has 0 spiro atoms. The van der Waals surface area contributed by atoms with Crippen LogP contribution in [0, 0.1) is 0 Å². The minimum Gasteiger partial charge on any atom is -0.497 e. The Kier molecular flexibility index (Phi) is 6.23. The van der Waals surface area contributed by atoms with Gasteiger partial charge in [-0.3, -0.25) is 4.79 Å². The van der Waals surface area contributed by atoms with Crippen LogP contribution in [0.5, 0.6) is 5.75 Å². The van der Waals surface area contributed by atoms with Crippen molar-refractivity contribution in [1.29, 1.82) is 0 Å². The number of carbonyl (C=O) groups is 2. The fraction of sp³-hybridized carbons (Fsp3) is 0.368. The number of ether oxygens (including phenoxy) is 2. The van der Waals surface area contributed by atoms with Crippen LogP contribution in [0.3, 0.4) is 0 Å². The van der Waals surface area contributed by atoms with Gasteiger partial charge in [-0.15, -0.1) is 0 Å². The molecular weight excluding hydrogens is 398 g/mol. The third-order valence-electron chi connectivity index (χ3n) is 4.77. The van der Waals surface area contributed by atoms with Crippen molar-refractivity contribution in [3.05, 3.63) is 48.3 Å². The molecule has 1 aromatic carbocycles. The maximum atomic E-state index is 12.8. The third-order valence-corrected chi connectivity index (χ3v) is 6.68. The predicted molar refractivity (Wildman–Crippen MR) is 104 cm³/mol. The first-order valence-corrected chi connectivity index (χ1v) is 10.5. The van der Waals surface area contributed by atoms with Crippen molar-refractivity contribution < 1.29 is 27.5 Å². The molecular formula is C19H23N3O6S. The molecule has 1 fully saturated rings. The lowest BCUT2D eigenvalue weighted by atomic mass is 10.3. The Labute approximate surface area is 169 Å². The second-order valence-corrected chi connectivity index (χ2v) is 8.48. The van der Waals surface area contributed by atoms with Crippen LogP contribution >= 0.6 is 0 Å². The van der Waals surface area contributed by atoms with E-state index < -0.39 is 16.0 Å². The number of rotatable bonds is 6. The average Bonchev–Trinajstić information content (AvgIpc) is 3.17. The van der Waals surface area contributed by atoms with Crippen molar-refractivity contribution in [2.45, 2.75) is 4.90 Å². The molecule has 0 N–H and O–H groups in total. The Bertz CT molecular complexity index is 976. The van der Waals surface area contributed by atoms with Crippen molar-refractivity contribution in [2.75, 3.05) is 39.9 Å². The molecule has 1 aliphatic rings. The average molecular weight is 421 g/mol. The highest BCUT2D eigenvalue weighted by molar-refractivity contribution is 7.89. The molecule has 10 heteroatoms. The summed E-state index contributed by atoms with van der Waals surface area (Å²) in [5.74, 6) is -0.357. The molecule has 3 rings (SSSR count). The summed E-state index contributed by atoms with van der Waals surface area (Å²) in [5.41, 5.74) is 0.355. The van der Waals surface area contributed by atoms with E-state index in [1.165, 1.54) is 28.4 Å². The Balaban J connectivity index is 1.53. The van der Waals surface area contributed by atoms with Crippen LogP contribution in [0.2, 0.25) is 0 Å². The van der Waals surface area contributed by atoms with Crippen molar-refractivity contribution in [2.24, 2.45) is 7.05 Å². The predicted octanol–water partition coefficient (Wildman–Crippen LogP) is 0.724. The normalized spacial score (nSPS) is 15.2. The summed E-state index contributed by atoms with van der Waals surface area (Å²) in [6, 6.07) is 9.49. The number of hydrogen-bond acceptors (Lipinski definition) is 6. The molecule has 0 saturated carbocycles. The molecule has 1 aromatic heterocycles. The van der Waals surface area contributed by atoms with E-state index in [0.29, 0.717) is 11.4 Å². The largest absolute Gasteiger partial charge is 0.497 e. The number of aryl methyl sites for hydroxylation is 1. The Hall–Kier alpha value is -2.85. The standard InChI is InChI=1S/C19H23N3O6S/c1-20-9-3-4-17(20)19(24)28-14-18(23)21-10-12-22(13-11-21)29(25,26)16-7-5-15(27-2)6-8-16/h3-9H,10-14H2,1-2H3. The molecule has 1 aliphatic heterocycles. The van der Waals surface area contributed by atoms with Crippen LogP contribution in [0.15, 0.2) is 47.5 Å². The SMILES string of the molecule is COc1ccc(S(=O)(=O)N2CCN(C(=O)COC(=O)c3cccn3C)CC2)cc1. The zero-order valence-corrected chi connectivity index (χ0v) is 17.1. The first-order chi connectivity index (χ1) is 13.8. The summed E-state index contributed by atoms with van der Waals surface area (Å²) in [6.45, 7) is 0.429. The summed E-state index contributed by atoms with van der Waals surface area (Å²) in [5, 5.41) is 0. The molecule has 1 saturated heterocycles. The van der Waals surface area contributed by atoms with Crippen LogP contribution in [-0.2, 0) is 26.6 Å². The van der Waals surface area contributed by atoms with Crippen LogP contribution in [0.25, 0.3) is 0 Å². The Morgan fingerprint density at radius 1 is 1.03 bits per heavy atom. The van der Waals surface area contributed by atoms with Gasteiger partial charge in [0.25, 0.3) is 5.91 Å². The molecule has 1 amide bonds. The number of benzene rings is 1. The Morgan fingerprint density at radius 2 is 1.69 bits per heavy atom. The number of amides is 1. The van der Waals surface area contributed by atoms with Crippen molar-refractivity contribution in [1.82, 2.24) is 13.8 Å². The fourth-order valence-corrected chi connectivity index (χ4v) is 4.46. The number of methoxy groups -OCH3 is 1. The molecule has 9 nitrogen and oxygen atoms in total. The van der Waals surface area contributed by atoms with Crippen molar-refractivity contribution in [3.8, 4) is 5.75 Å². The quantitative estimate of drug-likeness (QED) is 0.638. The highest BCUT2D eigenvalue weighted by atomic mass is 32.2. The molecule has 0 atom stereocenters. The number of nitrogens with zero attached hydrogens (tertiary/aromatic N) is 3. The minimum absolute atomic E-state index is 0.172. The van der Waals surface area contributed by atoms with Gasteiger partial charge in [0.15, 0.2) is 6.61 Å². The van der Waals surface area contributed by atoms with E-state index in [-0.39, 0.29) is 43.6 Å². The highest BCUT2D eigenvalue weighted by Crippen LogP contribution is 2.20. The van der Waals surface area contributed by atoms with Crippen LogP contribution in [0.1, 0.15) is 10.5 Å². The number of piperazine rings is 1. The summed E-state index contributed by atoms with van der Waals surface area (Å²) >= 11 is 0. The van der Waals surface area contributed by atoms with Crippen molar-refractivity contribution in [3.63, 3.8) is 0 Å². The van der Waals surface area contributed by atoms with Gasteiger partial charge in [0.05, 0.1) is 12.0 Å². The fourth-order valence-electron chi connectivity index (χ4n) is 3.04. The first-order valence-electron chi connectivity index (χ1n) is 9.03. The lowest BCUT2D eigenvalue weighted by Crippen LogP contribution is -2.51. The molecule has 2 heterocycles. The van der Waals surface area contributed by atoms with Crippen molar-refractivity contribution >= 4 is 21.9 Å². The van der Waals surface area contributed by atoms with Gasteiger partial charge in [-0.2, -0.15) is 4.31 Å². The molecule has 0 aliphatic carbocycles. The van der Waals surface area contributed by atoms with Crippen LogP contribution in [-0.4, -0.2) is 74.0 Å². The summed E-state index contributed by atoms with van der Waals surface area (Å²) in [4.78, 5) is 26.0. The number of carbonyl (C=O) groups excluding carboxylic acids is 2. The molecule has 156 valence electrons. The van der Waals surface area contributed by atoms with Gasteiger partial charge in [0.1, 0.15) is 11.4 Å². The molecule has 2 aromatic rings. The maximum Gasteiger partial charge on any atom is 0.355 e. The smallest absolute Gasteiger partial charge is 0.355 e. The second-order valence-electron chi connectivity index (χ2n) is 6.54. The van der Waals surface area contributed by atoms with E-state index in [2.05, 4.69) is 0 Å². The lowest BCUT2D eigenvalue weighted by molar-refractivity contribution is -0.135. The molecule has 0 bridgehead atoms. The summed E-state index contributed by atoms with van der Waals surface area (Å²) in [7, 11) is -0.425. The van der Waals surface area contributed by atoms with E-state index in [1.54, 1.807) is 42.1 Å².